The van der Waals surface area contributed by atoms with Crippen LogP contribution in [0, 0.1) is 10.1 Å². The van der Waals surface area contributed by atoms with Crippen LogP contribution in [0.25, 0.3) is 0 Å². The zero-order chi connectivity index (χ0) is 13.2. The van der Waals surface area contributed by atoms with Gasteiger partial charge < -0.3 is 16.4 Å². The van der Waals surface area contributed by atoms with Gasteiger partial charge in [-0.3, -0.25) is 10.1 Å². The highest BCUT2D eigenvalue weighted by molar-refractivity contribution is 5.32. The molecule has 0 spiro atoms. The first-order chi connectivity index (χ1) is 8.74. The van der Waals surface area contributed by atoms with Crippen LogP contribution in [0.15, 0.2) is 24.3 Å². The molecule has 0 fully saturated rings. The molecule has 0 radical (unpaired) electrons. The fraction of sp³-hybridized carbons (Fsp3) is 0.500. The van der Waals surface area contributed by atoms with Gasteiger partial charge in [0.15, 0.2) is 0 Å². The van der Waals surface area contributed by atoms with Gasteiger partial charge in [0.1, 0.15) is 0 Å². The molecular formula is C12H20N4O2. The molecule has 1 aromatic carbocycles. The molecule has 0 aliphatic rings. The Morgan fingerprint density at radius 2 is 1.67 bits per heavy atom. The largest absolute Gasteiger partial charge is 0.329 e. The summed E-state index contributed by atoms with van der Waals surface area (Å²) in [4.78, 5) is 10.1. The van der Waals surface area contributed by atoms with E-state index < -0.39 is 0 Å². The average Bonchev–Trinajstić information content (AvgIpc) is 2.38. The lowest BCUT2D eigenvalue weighted by atomic mass is 10.1. The molecule has 0 amide bonds. The molecule has 0 heterocycles. The van der Waals surface area contributed by atoms with Crippen LogP contribution in [-0.2, 0) is 6.42 Å². The molecule has 0 saturated carbocycles. The fourth-order valence-corrected chi connectivity index (χ4v) is 1.55. The summed E-state index contributed by atoms with van der Waals surface area (Å²) in [5.74, 6) is 0. The Labute approximate surface area is 107 Å². The smallest absolute Gasteiger partial charge is 0.269 e. The molecule has 6 heteroatoms. The van der Waals surface area contributed by atoms with Crippen LogP contribution in [0.4, 0.5) is 5.69 Å². The van der Waals surface area contributed by atoms with Gasteiger partial charge in [0.2, 0.25) is 0 Å². The number of hydrogen-bond acceptors (Lipinski definition) is 5. The Hall–Kier alpha value is -1.50. The fourth-order valence-electron chi connectivity index (χ4n) is 1.55. The molecule has 1 aromatic rings. The van der Waals surface area contributed by atoms with Crippen LogP contribution in [0.3, 0.4) is 0 Å². The summed E-state index contributed by atoms with van der Waals surface area (Å²) in [6, 6.07) is 6.68. The predicted octanol–water partition coefficient (Wildman–Crippen LogP) is 0.275. The van der Waals surface area contributed by atoms with E-state index in [1.165, 1.54) is 12.1 Å². The second kappa shape index (κ2) is 8.57. The molecule has 0 bridgehead atoms. The molecule has 0 aliphatic carbocycles. The first-order valence-corrected chi connectivity index (χ1v) is 6.09. The molecule has 100 valence electrons. The van der Waals surface area contributed by atoms with Crippen molar-refractivity contribution in [1.82, 2.24) is 10.6 Å². The van der Waals surface area contributed by atoms with Gasteiger partial charge in [0.25, 0.3) is 5.69 Å². The van der Waals surface area contributed by atoms with E-state index in [9.17, 15) is 10.1 Å². The van der Waals surface area contributed by atoms with Crippen LogP contribution in [0.2, 0.25) is 0 Å². The van der Waals surface area contributed by atoms with Gasteiger partial charge in [0.05, 0.1) is 4.92 Å². The number of nitrogens with two attached hydrogens (primary N) is 1. The first-order valence-electron chi connectivity index (χ1n) is 6.09. The molecule has 0 unspecified atom stereocenters. The molecule has 0 saturated heterocycles. The molecule has 6 nitrogen and oxygen atoms in total. The van der Waals surface area contributed by atoms with E-state index in [1.807, 2.05) is 0 Å². The van der Waals surface area contributed by atoms with Crippen molar-refractivity contribution in [3.63, 3.8) is 0 Å². The van der Waals surface area contributed by atoms with Crippen LogP contribution in [0.5, 0.6) is 0 Å². The molecule has 0 aliphatic heterocycles. The minimum atomic E-state index is -0.384. The van der Waals surface area contributed by atoms with E-state index in [4.69, 9.17) is 5.73 Å². The Balaban J connectivity index is 2.14. The van der Waals surface area contributed by atoms with Crippen LogP contribution >= 0.6 is 0 Å². The summed E-state index contributed by atoms with van der Waals surface area (Å²) in [5, 5.41) is 17.0. The lowest BCUT2D eigenvalue weighted by Gasteiger charge is -2.05. The number of nitro benzene ring substituents is 1. The maximum Gasteiger partial charge on any atom is 0.269 e. The van der Waals surface area contributed by atoms with Crippen LogP contribution in [0.1, 0.15) is 5.56 Å². The quantitative estimate of drug-likeness (QED) is 0.333. The maximum atomic E-state index is 10.5. The van der Waals surface area contributed by atoms with E-state index in [2.05, 4.69) is 10.6 Å². The zero-order valence-electron chi connectivity index (χ0n) is 10.4. The van der Waals surface area contributed by atoms with Gasteiger partial charge in [-0.15, -0.1) is 0 Å². The Morgan fingerprint density at radius 3 is 2.22 bits per heavy atom. The summed E-state index contributed by atoms with van der Waals surface area (Å²) < 4.78 is 0. The number of benzene rings is 1. The predicted molar refractivity (Wildman–Crippen MR) is 71.6 cm³/mol. The second-order valence-electron chi connectivity index (χ2n) is 3.96. The Bertz CT molecular complexity index is 354. The van der Waals surface area contributed by atoms with Crippen molar-refractivity contribution in [2.45, 2.75) is 6.42 Å². The van der Waals surface area contributed by atoms with Gasteiger partial charge in [-0.05, 0) is 18.5 Å². The molecule has 18 heavy (non-hydrogen) atoms. The molecule has 4 N–H and O–H groups in total. The maximum absolute atomic E-state index is 10.5. The van der Waals surface area contributed by atoms with Gasteiger partial charge in [-0.25, -0.2) is 0 Å². The minimum Gasteiger partial charge on any atom is -0.329 e. The van der Waals surface area contributed by atoms with Crippen molar-refractivity contribution in [3.05, 3.63) is 39.9 Å². The summed E-state index contributed by atoms with van der Waals surface area (Å²) in [6.07, 6.45) is 0.870. The minimum absolute atomic E-state index is 0.137. The Morgan fingerprint density at radius 1 is 1.06 bits per heavy atom. The highest BCUT2D eigenvalue weighted by Gasteiger charge is 2.03. The number of nitrogens with zero attached hydrogens (tertiary/aromatic N) is 1. The normalized spacial score (nSPS) is 10.5. The van der Waals surface area contributed by atoms with Gasteiger partial charge >= 0.3 is 0 Å². The third-order valence-electron chi connectivity index (χ3n) is 2.54. The highest BCUT2D eigenvalue weighted by Crippen LogP contribution is 2.11. The first kappa shape index (κ1) is 14.6. The number of nitrogens with one attached hydrogen (secondary N) is 2. The zero-order valence-corrected chi connectivity index (χ0v) is 10.4. The SMILES string of the molecule is NCCNCCNCCc1ccc([N+](=O)[O-])cc1. The van der Waals surface area contributed by atoms with Crippen LogP contribution < -0.4 is 16.4 Å². The van der Waals surface area contributed by atoms with E-state index in [0.717, 1.165) is 38.2 Å². The Kier molecular flexibility index (Phi) is 6.93. The number of nitro groups is 1. The lowest BCUT2D eigenvalue weighted by Crippen LogP contribution is -2.31. The van der Waals surface area contributed by atoms with E-state index >= 15 is 0 Å². The number of non-ortho nitro benzene ring substituents is 1. The summed E-state index contributed by atoms with van der Waals surface area (Å²) in [6.45, 7) is 4.15. The third kappa shape index (κ3) is 5.72. The average molecular weight is 252 g/mol. The third-order valence-corrected chi connectivity index (χ3v) is 2.54. The van der Waals surface area contributed by atoms with Crippen molar-refractivity contribution in [2.75, 3.05) is 32.7 Å². The lowest BCUT2D eigenvalue weighted by molar-refractivity contribution is -0.384. The van der Waals surface area contributed by atoms with Crippen LogP contribution in [-0.4, -0.2) is 37.6 Å². The molecule has 0 aromatic heterocycles. The van der Waals surface area contributed by atoms with Gasteiger partial charge in [-0.1, -0.05) is 12.1 Å². The van der Waals surface area contributed by atoms with Crippen molar-refractivity contribution < 1.29 is 4.92 Å². The van der Waals surface area contributed by atoms with E-state index in [0.29, 0.717) is 6.54 Å². The standard InChI is InChI=1S/C12H20N4O2/c13-6-8-15-10-9-14-7-5-11-1-3-12(4-2-11)16(17)18/h1-4,14-15H,5-10,13H2. The second-order valence-corrected chi connectivity index (χ2v) is 3.96. The van der Waals surface area contributed by atoms with Crippen molar-refractivity contribution in [2.24, 2.45) is 5.73 Å². The van der Waals surface area contributed by atoms with Gasteiger partial charge in [0, 0.05) is 38.3 Å². The number of rotatable bonds is 9. The topological polar surface area (TPSA) is 93.2 Å². The monoisotopic (exact) mass is 252 g/mol. The van der Waals surface area contributed by atoms with Crippen molar-refractivity contribution in [3.8, 4) is 0 Å². The molecule has 0 atom stereocenters. The van der Waals surface area contributed by atoms with Crippen molar-refractivity contribution in [1.29, 1.82) is 0 Å². The van der Waals surface area contributed by atoms with E-state index in [1.54, 1.807) is 12.1 Å². The summed E-state index contributed by atoms with van der Waals surface area (Å²) in [5.41, 5.74) is 6.58. The van der Waals surface area contributed by atoms with E-state index in [-0.39, 0.29) is 10.6 Å². The molecule has 1 rings (SSSR count). The number of hydrogen-bond donors (Lipinski definition) is 3. The summed E-state index contributed by atoms with van der Waals surface area (Å²) >= 11 is 0. The van der Waals surface area contributed by atoms with Gasteiger partial charge in [-0.2, -0.15) is 0 Å². The highest BCUT2D eigenvalue weighted by atomic mass is 16.6. The molecular weight excluding hydrogens is 232 g/mol. The van der Waals surface area contributed by atoms with Crippen molar-refractivity contribution >= 4 is 5.69 Å². The summed E-state index contributed by atoms with van der Waals surface area (Å²) in [7, 11) is 0.